The van der Waals surface area contributed by atoms with Gasteiger partial charge >= 0.3 is 0 Å². The molecule has 0 fully saturated rings. The molecule has 0 saturated heterocycles. The van der Waals surface area contributed by atoms with Crippen LogP contribution in [0.1, 0.15) is 10.4 Å². The van der Waals surface area contributed by atoms with Crippen molar-refractivity contribution in [3.8, 4) is 0 Å². The Morgan fingerprint density at radius 1 is 1.25 bits per heavy atom. The summed E-state index contributed by atoms with van der Waals surface area (Å²) in [5.41, 5.74) is 0.285. The Morgan fingerprint density at radius 3 is 2.65 bits per heavy atom. The summed E-state index contributed by atoms with van der Waals surface area (Å²) < 4.78 is 13.0. The largest absolute Gasteiger partial charge is 0.322 e. The summed E-state index contributed by atoms with van der Waals surface area (Å²) in [6.07, 6.45) is 0. The lowest BCUT2D eigenvalue weighted by atomic mass is 10.2. The highest BCUT2D eigenvalue weighted by Gasteiger charge is 2.11. The maximum atomic E-state index is 13.0. The third-order valence-electron chi connectivity index (χ3n) is 2.50. The standard InChI is InChI=1S/C13H8ClFN2O3/c14-11-6-8(4-5-12(11)15)13(18)16-9-2-1-3-10(7-9)17(19)20/h1-7H,(H,16,18). The zero-order chi connectivity index (χ0) is 14.7. The minimum Gasteiger partial charge on any atom is -0.322 e. The lowest BCUT2D eigenvalue weighted by Crippen LogP contribution is -2.12. The highest BCUT2D eigenvalue weighted by molar-refractivity contribution is 6.31. The van der Waals surface area contributed by atoms with Crippen LogP contribution in [0, 0.1) is 15.9 Å². The minimum atomic E-state index is -0.626. The van der Waals surface area contributed by atoms with Gasteiger partial charge in [-0.1, -0.05) is 17.7 Å². The van der Waals surface area contributed by atoms with Crippen LogP contribution in [-0.4, -0.2) is 10.8 Å². The molecule has 5 nitrogen and oxygen atoms in total. The number of carbonyl (C=O) groups is 1. The number of benzene rings is 2. The molecular formula is C13H8ClFN2O3. The van der Waals surface area contributed by atoms with Crippen molar-refractivity contribution < 1.29 is 14.1 Å². The molecule has 0 aliphatic heterocycles. The average molecular weight is 295 g/mol. The predicted molar refractivity (Wildman–Crippen MR) is 72.5 cm³/mol. The lowest BCUT2D eigenvalue weighted by molar-refractivity contribution is -0.384. The highest BCUT2D eigenvalue weighted by Crippen LogP contribution is 2.20. The molecule has 1 N–H and O–H groups in total. The van der Waals surface area contributed by atoms with Gasteiger partial charge in [-0.2, -0.15) is 0 Å². The fourth-order valence-electron chi connectivity index (χ4n) is 1.54. The van der Waals surface area contributed by atoms with Crippen molar-refractivity contribution in [3.63, 3.8) is 0 Å². The molecule has 2 aromatic carbocycles. The molecule has 0 saturated carbocycles. The molecule has 0 bridgehead atoms. The van der Waals surface area contributed by atoms with E-state index in [1.807, 2.05) is 0 Å². The Bertz CT molecular complexity index is 691. The van der Waals surface area contributed by atoms with Gasteiger partial charge in [0.2, 0.25) is 0 Å². The molecule has 20 heavy (non-hydrogen) atoms. The number of non-ortho nitro benzene ring substituents is 1. The van der Waals surface area contributed by atoms with Crippen molar-refractivity contribution in [2.75, 3.05) is 5.32 Å². The first-order chi connectivity index (χ1) is 9.47. The first kappa shape index (κ1) is 14.0. The SMILES string of the molecule is O=C(Nc1cccc([N+](=O)[O-])c1)c1ccc(F)c(Cl)c1. The van der Waals surface area contributed by atoms with Crippen LogP contribution in [-0.2, 0) is 0 Å². The summed E-state index contributed by atoms with van der Waals surface area (Å²) in [6.45, 7) is 0. The van der Waals surface area contributed by atoms with Crippen molar-refractivity contribution in [1.29, 1.82) is 0 Å². The zero-order valence-electron chi connectivity index (χ0n) is 9.97. The summed E-state index contributed by atoms with van der Waals surface area (Å²) >= 11 is 5.58. The number of hydrogen-bond acceptors (Lipinski definition) is 3. The van der Waals surface area contributed by atoms with Crippen LogP contribution in [0.4, 0.5) is 15.8 Å². The lowest BCUT2D eigenvalue weighted by Gasteiger charge is -2.05. The number of halogens is 2. The van der Waals surface area contributed by atoms with Crippen LogP contribution in [0.5, 0.6) is 0 Å². The van der Waals surface area contributed by atoms with E-state index >= 15 is 0 Å². The van der Waals surface area contributed by atoms with E-state index in [0.717, 1.165) is 6.07 Å². The van der Waals surface area contributed by atoms with Gasteiger partial charge in [0.25, 0.3) is 11.6 Å². The number of hydrogen-bond donors (Lipinski definition) is 1. The molecule has 0 radical (unpaired) electrons. The van der Waals surface area contributed by atoms with Crippen LogP contribution in [0.3, 0.4) is 0 Å². The van der Waals surface area contributed by atoms with Gasteiger partial charge < -0.3 is 5.32 Å². The normalized spacial score (nSPS) is 10.1. The maximum Gasteiger partial charge on any atom is 0.271 e. The third-order valence-corrected chi connectivity index (χ3v) is 2.79. The van der Waals surface area contributed by atoms with Gasteiger partial charge in [0, 0.05) is 23.4 Å². The average Bonchev–Trinajstić information content (AvgIpc) is 2.42. The van der Waals surface area contributed by atoms with E-state index in [9.17, 15) is 19.3 Å². The van der Waals surface area contributed by atoms with Crippen molar-refractivity contribution in [3.05, 3.63) is 69.0 Å². The van der Waals surface area contributed by atoms with Crippen molar-refractivity contribution in [2.24, 2.45) is 0 Å². The van der Waals surface area contributed by atoms with Crippen molar-refractivity contribution >= 4 is 28.9 Å². The number of carbonyl (C=O) groups excluding carboxylic acids is 1. The molecule has 0 spiro atoms. The summed E-state index contributed by atoms with van der Waals surface area (Å²) in [6, 6.07) is 9.02. The molecule has 2 rings (SSSR count). The topological polar surface area (TPSA) is 72.2 Å². The Labute approximate surface area is 118 Å². The maximum absolute atomic E-state index is 13.0. The van der Waals surface area contributed by atoms with Crippen molar-refractivity contribution in [2.45, 2.75) is 0 Å². The van der Waals surface area contributed by atoms with Gasteiger partial charge in [0.15, 0.2) is 0 Å². The first-order valence-electron chi connectivity index (χ1n) is 5.48. The molecule has 102 valence electrons. The number of nitro groups is 1. The van der Waals surface area contributed by atoms with E-state index in [1.165, 1.54) is 36.4 Å². The monoisotopic (exact) mass is 294 g/mol. The molecule has 0 unspecified atom stereocenters. The molecule has 0 aliphatic rings. The van der Waals surface area contributed by atoms with Crippen LogP contribution >= 0.6 is 11.6 Å². The number of rotatable bonds is 3. The number of nitro benzene ring substituents is 1. The van der Waals surface area contributed by atoms with Crippen LogP contribution in [0.2, 0.25) is 5.02 Å². The van der Waals surface area contributed by atoms with Gasteiger partial charge in [-0.3, -0.25) is 14.9 Å². The van der Waals surface area contributed by atoms with E-state index in [-0.39, 0.29) is 22.0 Å². The Hall–Kier alpha value is -2.47. The molecule has 1 amide bonds. The van der Waals surface area contributed by atoms with Gasteiger partial charge in [0.1, 0.15) is 5.82 Å². The fourth-order valence-corrected chi connectivity index (χ4v) is 1.72. The quantitative estimate of drug-likeness (QED) is 0.694. The second-order valence-corrected chi connectivity index (χ2v) is 4.30. The molecule has 0 aliphatic carbocycles. The molecule has 0 aromatic heterocycles. The van der Waals surface area contributed by atoms with E-state index < -0.39 is 16.6 Å². The summed E-state index contributed by atoms with van der Waals surface area (Å²) in [7, 11) is 0. The predicted octanol–water partition coefficient (Wildman–Crippen LogP) is 3.64. The second-order valence-electron chi connectivity index (χ2n) is 3.89. The van der Waals surface area contributed by atoms with E-state index in [0.29, 0.717) is 0 Å². The highest BCUT2D eigenvalue weighted by atomic mass is 35.5. The van der Waals surface area contributed by atoms with Gasteiger partial charge in [-0.25, -0.2) is 4.39 Å². The minimum absolute atomic E-state index is 0.139. The Kier molecular flexibility index (Phi) is 3.95. The van der Waals surface area contributed by atoms with E-state index in [2.05, 4.69) is 5.32 Å². The molecule has 2 aromatic rings. The van der Waals surface area contributed by atoms with Gasteiger partial charge in [-0.15, -0.1) is 0 Å². The Morgan fingerprint density at radius 2 is 2.00 bits per heavy atom. The van der Waals surface area contributed by atoms with Gasteiger partial charge in [-0.05, 0) is 24.3 Å². The molecular weight excluding hydrogens is 287 g/mol. The fraction of sp³-hybridized carbons (Fsp3) is 0. The van der Waals surface area contributed by atoms with Crippen LogP contribution in [0.15, 0.2) is 42.5 Å². The third kappa shape index (κ3) is 3.10. The first-order valence-corrected chi connectivity index (χ1v) is 5.86. The number of amides is 1. The van der Waals surface area contributed by atoms with Crippen LogP contribution in [0.25, 0.3) is 0 Å². The summed E-state index contributed by atoms with van der Waals surface area (Å²) in [4.78, 5) is 22.0. The van der Waals surface area contributed by atoms with E-state index in [1.54, 1.807) is 0 Å². The number of anilines is 1. The number of nitrogens with zero attached hydrogens (tertiary/aromatic N) is 1. The summed E-state index contributed by atoms with van der Waals surface area (Å²) in [5.74, 6) is -1.16. The molecule has 0 atom stereocenters. The smallest absolute Gasteiger partial charge is 0.271 e. The van der Waals surface area contributed by atoms with E-state index in [4.69, 9.17) is 11.6 Å². The second kappa shape index (κ2) is 5.66. The zero-order valence-corrected chi connectivity index (χ0v) is 10.7. The number of nitrogens with one attached hydrogen (secondary N) is 1. The molecule has 7 heteroatoms. The Balaban J connectivity index is 2.21. The molecule has 0 heterocycles. The van der Waals surface area contributed by atoms with Gasteiger partial charge in [0.05, 0.1) is 9.95 Å². The van der Waals surface area contributed by atoms with Crippen LogP contribution < -0.4 is 5.32 Å². The summed E-state index contributed by atoms with van der Waals surface area (Å²) in [5, 5.41) is 12.9. The van der Waals surface area contributed by atoms with Crippen molar-refractivity contribution in [1.82, 2.24) is 0 Å².